The number of nitrogens with one attached hydrogen (secondary N) is 1. The molecule has 0 aliphatic rings. The number of anilines is 1. The second-order valence-corrected chi connectivity index (χ2v) is 5.83. The minimum Gasteiger partial charge on any atom is -0.375 e. The Labute approximate surface area is 125 Å². The minimum absolute atomic E-state index is 0.0541. The van der Waals surface area contributed by atoms with Gasteiger partial charge in [-0.2, -0.15) is 5.26 Å². The lowest BCUT2D eigenvalue weighted by molar-refractivity contribution is -0.384. The molecule has 0 bridgehead atoms. The molecule has 0 aliphatic carbocycles. The van der Waals surface area contributed by atoms with Crippen molar-refractivity contribution in [1.29, 1.82) is 5.26 Å². The monoisotopic (exact) mass is 290 g/mol. The molecule has 0 radical (unpaired) electrons. The van der Waals surface area contributed by atoms with E-state index in [9.17, 15) is 10.1 Å². The smallest absolute Gasteiger partial charge is 0.293 e. The molecular weight excluding hydrogens is 268 g/mol. The van der Waals surface area contributed by atoms with E-state index in [4.69, 9.17) is 5.26 Å². The van der Waals surface area contributed by atoms with Crippen LogP contribution >= 0.6 is 0 Å². The van der Waals surface area contributed by atoms with E-state index in [1.165, 1.54) is 6.07 Å². The highest BCUT2D eigenvalue weighted by Crippen LogP contribution is 2.27. The predicted octanol–water partition coefficient (Wildman–Crippen LogP) is 2.85. The van der Waals surface area contributed by atoms with Crippen LogP contribution in [-0.2, 0) is 0 Å². The molecule has 0 aromatic heterocycles. The Bertz CT molecular complexity index is 525. The average molecular weight is 290 g/mol. The zero-order valence-electron chi connectivity index (χ0n) is 13.0. The molecular formula is C15H22N4O2. The van der Waals surface area contributed by atoms with Crippen molar-refractivity contribution in [3.05, 3.63) is 33.9 Å². The number of hydrogen-bond acceptors (Lipinski definition) is 5. The highest BCUT2D eigenvalue weighted by molar-refractivity contribution is 5.64. The third kappa shape index (κ3) is 5.40. The van der Waals surface area contributed by atoms with Gasteiger partial charge in [0.2, 0.25) is 0 Å². The van der Waals surface area contributed by atoms with Gasteiger partial charge < -0.3 is 10.2 Å². The van der Waals surface area contributed by atoms with Gasteiger partial charge >= 0.3 is 0 Å². The Balaban J connectivity index is 3.02. The summed E-state index contributed by atoms with van der Waals surface area (Å²) in [7, 11) is 3.95. The second kappa shape index (κ2) is 7.60. The van der Waals surface area contributed by atoms with Crippen molar-refractivity contribution in [3.8, 4) is 6.07 Å². The van der Waals surface area contributed by atoms with Crippen molar-refractivity contribution < 1.29 is 4.92 Å². The van der Waals surface area contributed by atoms with Gasteiger partial charge in [-0.05, 0) is 38.6 Å². The Kier molecular flexibility index (Phi) is 6.12. The lowest BCUT2D eigenvalue weighted by Gasteiger charge is -2.24. The van der Waals surface area contributed by atoms with Gasteiger partial charge in [-0.25, -0.2) is 0 Å². The topological polar surface area (TPSA) is 82.2 Å². The minimum atomic E-state index is -0.453. The maximum Gasteiger partial charge on any atom is 0.293 e. The fourth-order valence-corrected chi connectivity index (χ4v) is 2.28. The highest BCUT2D eigenvalue weighted by atomic mass is 16.6. The van der Waals surface area contributed by atoms with Gasteiger partial charge in [-0.1, -0.05) is 13.8 Å². The third-order valence-corrected chi connectivity index (χ3v) is 3.02. The van der Waals surface area contributed by atoms with Gasteiger partial charge in [0.05, 0.1) is 16.6 Å². The van der Waals surface area contributed by atoms with Gasteiger partial charge in [-0.15, -0.1) is 0 Å². The molecule has 0 spiro atoms. The van der Waals surface area contributed by atoms with Crippen molar-refractivity contribution in [2.45, 2.75) is 26.3 Å². The Morgan fingerprint density at radius 3 is 2.57 bits per heavy atom. The number of nitrogens with zero attached hydrogens (tertiary/aromatic N) is 3. The Morgan fingerprint density at radius 1 is 1.43 bits per heavy atom. The second-order valence-electron chi connectivity index (χ2n) is 5.83. The zero-order chi connectivity index (χ0) is 16.0. The van der Waals surface area contributed by atoms with Crippen LogP contribution in [0.4, 0.5) is 11.4 Å². The Hall–Kier alpha value is -2.13. The summed E-state index contributed by atoms with van der Waals surface area (Å²) in [4.78, 5) is 12.8. The van der Waals surface area contributed by atoms with Crippen molar-refractivity contribution in [1.82, 2.24) is 4.90 Å². The summed E-state index contributed by atoms with van der Waals surface area (Å²) in [6.07, 6.45) is 0.912. The number of nitriles is 1. The lowest BCUT2D eigenvalue weighted by Crippen LogP contribution is -2.33. The molecule has 0 fully saturated rings. The third-order valence-electron chi connectivity index (χ3n) is 3.02. The molecule has 6 nitrogen and oxygen atoms in total. The van der Waals surface area contributed by atoms with Crippen LogP contribution in [0.1, 0.15) is 25.8 Å². The van der Waals surface area contributed by atoms with Crippen LogP contribution in [0.25, 0.3) is 0 Å². The van der Waals surface area contributed by atoms with E-state index in [2.05, 4.69) is 24.1 Å². The molecule has 1 N–H and O–H groups in total. The van der Waals surface area contributed by atoms with E-state index in [0.717, 1.165) is 13.0 Å². The summed E-state index contributed by atoms with van der Waals surface area (Å²) in [6.45, 7) is 5.03. The quantitative estimate of drug-likeness (QED) is 0.616. The molecule has 0 saturated heterocycles. The molecule has 6 heteroatoms. The number of nitro benzene ring substituents is 1. The molecule has 0 aliphatic heterocycles. The first-order chi connectivity index (χ1) is 9.83. The summed E-state index contributed by atoms with van der Waals surface area (Å²) in [5, 5.41) is 23.3. The zero-order valence-corrected chi connectivity index (χ0v) is 13.0. The van der Waals surface area contributed by atoms with E-state index in [0.29, 0.717) is 17.2 Å². The summed E-state index contributed by atoms with van der Waals surface area (Å²) in [6, 6.07) is 6.56. The molecule has 1 atom stereocenters. The standard InChI is InChI=1S/C15H22N4O2/c1-11(2)7-13(10-18(3)4)17-14-6-5-12(9-16)8-15(14)19(20)21/h5-6,8,11,13,17H,7,10H2,1-4H3. The molecule has 1 aromatic carbocycles. The van der Waals surface area contributed by atoms with Crippen molar-refractivity contribution >= 4 is 11.4 Å². The van der Waals surface area contributed by atoms with Crippen molar-refractivity contribution in [2.75, 3.05) is 26.0 Å². The van der Waals surface area contributed by atoms with E-state index in [1.807, 2.05) is 20.2 Å². The van der Waals surface area contributed by atoms with E-state index in [-0.39, 0.29) is 11.7 Å². The molecule has 1 aromatic rings. The van der Waals surface area contributed by atoms with E-state index < -0.39 is 4.92 Å². The summed E-state index contributed by atoms with van der Waals surface area (Å²) in [5.74, 6) is 0.486. The molecule has 21 heavy (non-hydrogen) atoms. The molecule has 1 rings (SSSR count). The number of likely N-dealkylation sites (N-methyl/N-ethyl adjacent to an activating group) is 1. The van der Waals surface area contributed by atoms with E-state index >= 15 is 0 Å². The molecule has 114 valence electrons. The maximum absolute atomic E-state index is 11.2. The molecule has 0 saturated carbocycles. The van der Waals surface area contributed by atoms with Crippen LogP contribution in [0.3, 0.4) is 0 Å². The predicted molar refractivity (Wildman–Crippen MR) is 83.2 cm³/mol. The van der Waals surface area contributed by atoms with E-state index in [1.54, 1.807) is 12.1 Å². The van der Waals surface area contributed by atoms with Gasteiger partial charge in [-0.3, -0.25) is 10.1 Å². The highest BCUT2D eigenvalue weighted by Gasteiger charge is 2.19. The SMILES string of the molecule is CC(C)CC(CN(C)C)Nc1ccc(C#N)cc1[N+](=O)[O-]. The van der Waals surface area contributed by atoms with Crippen LogP contribution in [0.2, 0.25) is 0 Å². The Morgan fingerprint density at radius 2 is 2.10 bits per heavy atom. The fraction of sp³-hybridized carbons (Fsp3) is 0.533. The van der Waals surface area contributed by atoms with Gasteiger partial charge in [0.25, 0.3) is 5.69 Å². The molecule has 1 unspecified atom stereocenters. The number of hydrogen-bond donors (Lipinski definition) is 1. The number of nitro groups is 1. The van der Waals surface area contributed by atoms with Crippen molar-refractivity contribution in [2.24, 2.45) is 5.92 Å². The van der Waals surface area contributed by atoms with Crippen LogP contribution in [0.5, 0.6) is 0 Å². The summed E-state index contributed by atoms with van der Waals surface area (Å²) in [5.41, 5.74) is 0.702. The van der Waals surface area contributed by atoms with Crippen LogP contribution in [-0.4, -0.2) is 36.5 Å². The van der Waals surface area contributed by atoms with Crippen molar-refractivity contribution in [3.63, 3.8) is 0 Å². The average Bonchev–Trinajstić information content (AvgIpc) is 2.37. The fourth-order valence-electron chi connectivity index (χ4n) is 2.28. The van der Waals surface area contributed by atoms with Crippen LogP contribution in [0, 0.1) is 27.4 Å². The number of benzene rings is 1. The first kappa shape index (κ1) is 16.9. The van der Waals surface area contributed by atoms with Gasteiger partial charge in [0.1, 0.15) is 5.69 Å². The lowest BCUT2D eigenvalue weighted by atomic mass is 10.0. The van der Waals surface area contributed by atoms with Crippen LogP contribution < -0.4 is 5.32 Å². The van der Waals surface area contributed by atoms with Crippen LogP contribution in [0.15, 0.2) is 18.2 Å². The normalized spacial score (nSPS) is 12.2. The summed E-state index contributed by atoms with van der Waals surface area (Å²) < 4.78 is 0. The van der Waals surface area contributed by atoms with Gasteiger partial charge in [0, 0.05) is 18.7 Å². The molecule has 0 heterocycles. The summed E-state index contributed by atoms with van der Waals surface area (Å²) >= 11 is 0. The largest absolute Gasteiger partial charge is 0.375 e. The van der Waals surface area contributed by atoms with Gasteiger partial charge in [0.15, 0.2) is 0 Å². The maximum atomic E-state index is 11.2. The first-order valence-corrected chi connectivity index (χ1v) is 6.93. The number of rotatable bonds is 7. The first-order valence-electron chi connectivity index (χ1n) is 6.93. The molecule has 0 amide bonds.